The van der Waals surface area contributed by atoms with E-state index >= 15 is 0 Å². The molecule has 1 aliphatic heterocycles. The zero-order valence-corrected chi connectivity index (χ0v) is 25.2. The number of carbonyl (C=O) groups excluding carboxylic acids is 2. The number of piperidine rings is 1. The molecule has 0 unspecified atom stereocenters. The van der Waals surface area contributed by atoms with Gasteiger partial charge in [-0.3, -0.25) is 9.59 Å². The van der Waals surface area contributed by atoms with Crippen LogP contribution in [-0.4, -0.2) is 67.8 Å². The van der Waals surface area contributed by atoms with E-state index in [1.165, 1.54) is 19.2 Å². The standard InChI is InChI=1S/C31H39ClF3N3O4/c1-20(2)37(3)27(39)25-9-8-23(19-26(25)32)38-16-13-29(14-17-38)12-10-21(29)11-15-36-28(40)30(41,31(33,34)35)22-6-5-7-24(18-22)42-4/h5-9,18-21,41H,10-17H2,1-4H3,(H,36,40)/t21-,30-/m1/s1. The Hall–Kier alpha value is -2.98. The zero-order chi connectivity index (χ0) is 30.9. The van der Waals surface area contributed by atoms with Gasteiger partial charge in [0, 0.05) is 44.0 Å². The van der Waals surface area contributed by atoms with Crippen molar-refractivity contribution in [3.05, 3.63) is 58.6 Å². The maximum atomic E-state index is 14.0. The number of aliphatic hydroxyl groups is 1. The third-order valence-corrected chi connectivity index (χ3v) is 9.58. The molecule has 2 aliphatic rings. The number of nitrogens with zero attached hydrogens (tertiary/aromatic N) is 2. The zero-order valence-electron chi connectivity index (χ0n) is 24.4. The molecule has 1 heterocycles. The van der Waals surface area contributed by atoms with Crippen molar-refractivity contribution in [1.82, 2.24) is 10.2 Å². The van der Waals surface area contributed by atoms with Crippen LogP contribution in [0.5, 0.6) is 5.75 Å². The molecule has 2 fully saturated rings. The van der Waals surface area contributed by atoms with Crippen LogP contribution in [0.1, 0.15) is 61.9 Å². The summed E-state index contributed by atoms with van der Waals surface area (Å²) in [6.07, 6.45) is -0.879. The molecule has 2 atom stereocenters. The average molecular weight is 610 g/mol. The Morgan fingerprint density at radius 2 is 1.86 bits per heavy atom. The Bertz CT molecular complexity index is 1300. The number of ether oxygens (including phenoxy) is 1. The van der Waals surface area contributed by atoms with Crippen LogP contribution in [-0.2, 0) is 10.4 Å². The van der Waals surface area contributed by atoms with Crippen molar-refractivity contribution in [3.63, 3.8) is 0 Å². The number of hydrogen-bond acceptors (Lipinski definition) is 5. The first kappa shape index (κ1) is 31.9. The van der Waals surface area contributed by atoms with E-state index in [1.807, 2.05) is 26.0 Å². The minimum absolute atomic E-state index is 0.0350. The van der Waals surface area contributed by atoms with E-state index in [-0.39, 0.29) is 35.6 Å². The molecule has 42 heavy (non-hydrogen) atoms. The van der Waals surface area contributed by atoms with Gasteiger partial charge >= 0.3 is 6.18 Å². The molecule has 2 amide bonds. The van der Waals surface area contributed by atoms with Gasteiger partial charge in [0.1, 0.15) is 5.75 Å². The van der Waals surface area contributed by atoms with Crippen LogP contribution in [0.15, 0.2) is 42.5 Å². The fourth-order valence-electron chi connectivity index (χ4n) is 6.13. The lowest BCUT2D eigenvalue weighted by Gasteiger charge is -2.54. The van der Waals surface area contributed by atoms with Crippen molar-refractivity contribution in [2.75, 3.05) is 38.7 Å². The monoisotopic (exact) mass is 609 g/mol. The maximum Gasteiger partial charge on any atom is 0.430 e. The number of alkyl halides is 3. The number of benzene rings is 2. The fourth-order valence-corrected chi connectivity index (χ4v) is 6.39. The largest absolute Gasteiger partial charge is 0.497 e. The predicted octanol–water partition coefficient (Wildman–Crippen LogP) is 5.78. The Morgan fingerprint density at radius 1 is 1.17 bits per heavy atom. The van der Waals surface area contributed by atoms with Crippen LogP contribution in [0, 0.1) is 11.3 Å². The molecule has 2 aromatic carbocycles. The Labute approximate surface area is 250 Å². The smallest absolute Gasteiger partial charge is 0.430 e. The van der Waals surface area contributed by atoms with E-state index < -0.39 is 23.2 Å². The number of halogens is 4. The summed E-state index contributed by atoms with van der Waals surface area (Å²) in [6, 6.07) is 10.4. The predicted molar refractivity (Wildman–Crippen MR) is 156 cm³/mol. The van der Waals surface area contributed by atoms with Crippen molar-refractivity contribution in [1.29, 1.82) is 0 Å². The molecule has 2 N–H and O–H groups in total. The molecule has 2 aromatic rings. The molecule has 1 saturated carbocycles. The normalized spacial score (nSPS) is 19.7. The molecular weight excluding hydrogens is 571 g/mol. The molecular formula is C31H39ClF3N3O4. The molecule has 7 nitrogen and oxygen atoms in total. The lowest BCUT2D eigenvalue weighted by molar-refractivity contribution is -0.257. The molecule has 1 spiro atoms. The van der Waals surface area contributed by atoms with E-state index in [1.54, 1.807) is 18.0 Å². The van der Waals surface area contributed by atoms with Gasteiger partial charge in [-0.1, -0.05) is 23.7 Å². The van der Waals surface area contributed by atoms with Crippen LogP contribution in [0.3, 0.4) is 0 Å². The Balaban J connectivity index is 1.34. The molecule has 0 radical (unpaired) electrons. The maximum absolute atomic E-state index is 14.0. The summed E-state index contributed by atoms with van der Waals surface area (Å²) < 4.78 is 46.9. The van der Waals surface area contributed by atoms with E-state index in [2.05, 4.69) is 10.2 Å². The van der Waals surface area contributed by atoms with Gasteiger partial charge in [0.15, 0.2) is 0 Å². The van der Waals surface area contributed by atoms with Crippen LogP contribution in [0.2, 0.25) is 5.02 Å². The van der Waals surface area contributed by atoms with Crippen LogP contribution in [0.4, 0.5) is 18.9 Å². The number of amides is 2. The summed E-state index contributed by atoms with van der Waals surface area (Å²) in [4.78, 5) is 29.4. The molecule has 4 rings (SSSR count). The second kappa shape index (κ2) is 12.3. The van der Waals surface area contributed by atoms with Gasteiger partial charge in [0.25, 0.3) is 17.4 Å². The van der Waals surface area contributed by atoms with Crippen LogP contribution >= 0.6 is 11.6 Å². The fraction of sp³-hybridized carbons (Fsp3) is 0.548. The highest BCUT2D eigenvalue weighted by Crippen LogP contribution is 2.55. The SMILES string of the molecule is COc1cccc([C@@](O)(C(=O)NCC[C@H]2CCC23CCN(c2ccc(C(=O)N(C)C(C)C)c(Cl)c2)CC3)C(F)(F)F)c1. The summed E-state index contributed by atoms with van der Waals surface area (Å²) in [5.41, 5.74) is -2.78. The minimum atomic E-state index is -5.22. The third-order valence-electron chi connectivity index (χ3n) is 9.26. The Morgan fingerprint density at radius 3 is 2.40 bits per heavy atom. The van der Waals surface area contributed by atoms with Crippen molar-refractivity contribution < 1.29 is 32.6 Å². The van der Waals surface area contributed by atoms with Gasteiger partial charge in [0.05, 0.1) is 17.7 Å². The summed E-state index contributed by atoms with van der Waals surface area (Å²) in [5.74, 6) is -1.24. The number of nitrogens with one attached hydrogen (secondary N) is 1. The molecule has 0 aromatic heterocycles. The van der Waals surface area contributed by atoms with E-state index in [9.17, 15) is 27.9 Å². The summed E-state index contributed by atoms with van der Waals surface area (Å²) >= 11 is 6.50. The highest BCUT2D eigenvalue weighted by molar-refractivity contribution is 6.34. The number of hydrogen-bond donors (Lipinski definition) is 2. The first-order valence-electron chi connectivity index (χ1n) is 14.3. The lowest BCUT2D eigenvalue weighted by Crippen LogP contribution is -2.55. The molecule has 1 saturated heterocycles. The van der Waals surface area contributed by atoms with Gasteiger partial charge in [0.2, 0.25) is 0 Å². The highest BCUT2D eigenvalue weighted by Gasteiger charge is 2.61. The second-order valence-corrected chi connectivity index (χ2v) is 12.2. The van der Waals surface area contributed by atoms with Gasteiger partial charge < -0.3 is 25.0 Å². The first-order valence-corrected chi connectivity index (χ1v) is 14.6. The van der Waals surface area contributed by atoms with Crippen molar-refractivity contribution >= 4 is 29.1 Å². The van der Waals surface area contributed by atoms with Crippen molar-refractivity contribution in [2.45, 2.75) is 63.8 Å². The number of methoxy groups -OCH3 is 1. The third kappa shape index (κ3) is 6.06. The van der Waals surface area contributed by atoms with Crippen LogP contribution in [0.25, 0.3) is 0 Å². The quantitative estimate of drug-likeness (QED) is 0.377. The van der Waals surface area contributed by atoms with Crippen molar-refractivity contribution in [3.8, 4) is 5.75 Å². The number of anilines is 1. The summed E-state index contributed by atoms with van der Waals surface area (Å²) in [5, 5.41) is 13.4. The van der Waals surface area contributed by atoms with Gasteiger partial charge in [-0.2, -0.15) is 13.2 Å². The minimum Gasteiger partial charge on any atom is -0.497 e. The van der Waals surface area contributed by atoms with Crippen LogP contribution < -0.4 is 15.0 Å². The highest BCUT2D eigenvalue weighted by atomic mass is 35.5. The van der Waals surface area contributed by atoms with E-state index in [0.717, 1.165) is 56.6 Å². The topological polar surface area (TPSA) is 82.1 Å². The van der Waals surface area contributed by atoms with Gasteiger partial charge in [-0.15, -0.1) is 0 Å². The number of rotatable bonds is 9. The van der Waals surface area contributed by atoms with Gasteiger partial charge in [-0.05, 0) is 87.6 Å². The first-order chi connectivity index (χ1) is 19.7. The summed E-state index contributed by atoms with van der Waals surface area (Å²) in [7, 11) is 3.05. The molecule has 230 valence electrons. The lowest BCUT2D eigenvalue weighted by atomic mass is 9.54. The Kier molecular flexibility index (Phi) is 9.37. The van der Waals surface area contributed by atoms with Gasteiger partial charge in [-0.25, -0.2) is 0 Å². The van der Waals surface area contributed by atoms with E-state index in [4.69, 9.17) is 16.3 Å². The molecule has 1 aliphatic carbocycles. The average Bonchev–Trinajstić information content (AvgIpc) is 2.96. The molecule has 11 heteroatoms. The second-order valence-electron chi connectivity index (χ2n) is 11.7. The summed E-state index contributed by atoms with van der Waals surface area (Å²) in [6.45, 7) is 5.50. The van der Waals surface area contributed by atoms with Crippen molar-refractivity contribution in [2.24, 2.45) is 11.3 Å². The number of carbonyl (C=O) groups is 2. The molecule has 0 bridgehead atoms. The van der Waals surface area contributed by atoms with E-state index in [0.29, 0.717) is 17.0 Å².